The number of amides is 1. The molecule has 29 heavy (non-hydrogen) atoms. The molecule has 0 fully saturated rings. The van der Waals surface area contributed by atoms with Crippen molar-refractivity contribution in [2.24, 2.45) is 0 Å². The van der Waals surface area contributed by atoms with Crippen LogP contribution in [0.5, 0.6) is 0 Å². The van der Waals surface area contributed by atoms with Crippen LogP contribution in [0.3, 0.4) is 0 Å². The van der Waals surface area contributed by atoms with Gasteiger partial charge in [0, 0.05) is 24.2 Å². The monoisotopic (exact) mass is 427 g/mol. The third-order valence-electron chi connectivity index (χ3n) is 4.07. The predicted octanol–water partition coefficient (Wildman–Crippen LogP) is 3.18. The Morgan fingerprint density at radius 2 is 1.93 bits per heavy atom. The summed E-state index contributed by atoms with van der Waals surface area (Å²) in [6.07, 6.45) is -2.45. The number of carbonyl (C=O) groups is 1. The summed E-state index contributed by atoms with van der Waals surface area (Å²) >= 11 is 0. The van der Waals surface area contributed by atoms with E-state index in [9.17, 15) is 26.4 Å². The molecular weight excluding hydrogens is 411 g/mol. The Morgan fingerprint density at radius 1 is 1.24 bits per heavy atom. The van der Waals surface area contributed by atoms with Crippen molar-refractivity contribution in [3.63, 3.8) is 0 Å². The third kappa shape index (κ3) is 4.67. The zero-order chi connectivity index (χ0) is 21.4. The number of halogens is 3. The first-order valence-corrected chi connectivity index (χ1v) is 10.1. The molecular formula is C18H16F3N3O4S. The van der Waals surface area contributed by atoms with E-state index in [-0.39, 0.29) is 11.4 Å². The highest BCUT2D eigenvalue weighted by molar-refractivity contribution is 7.92. The van der Waals surface area contributed by atoms with Crippen molar-refractivity contribution >= 4 is 32.7 Å². The van der Waals surface area contributed by atoms with E-state index in [0.717, 1.165) is 23.0 Å². The molecule has 2 heterocycles. The van der Waals surface area contributed by atoms with Crippen molar-refractivity contribution in [2.45, 2.75) is 6.18 Å². The highest BCUT2D eigenvalue weighted by Crippen LogP contribution is 2.30. The lowest BCUT2D eigenvalue weighted by atomic mass is 10.1. The number of fused-ring (bicyclic) bond motifs is 1. The van der Waals surface area contributed by atoms with Crippen LogP contribution in [0.1, 0.15) is 10.4 Å². The number of para-hydroxylation sites is 1. The molecule has 0 saturated carbocycles. The highest BCUT2D eigenvalue weighted by Gasteiger charge is 2.30. The Labute approximate surface area is 164 Å². The van der Waals surface area contributed by atoms with E-state index in [0.29, 0.717) is 16.9 Å². The molecule has 2 aromatic heterocycles. The average Bonchev–Trinajstić information content (AvgIpc) is 3.08. The first kappa shape index (κ1) is 20.6. The van der Waals surface area contributed by atoms with Crippen LogP contribution in [0.25, 0.3) is 22.3 Å². The summed E-state index contributed by atoms with van der Waals surface area (Å²) in [7, 11) is -2.66. The van der Waals surface area contributed by atoms with Crippen molar-refractivity contribution in [3.8, 4) is 11.3 Å². The predicted molar refractivity (Wildman–Crippen MR) is 101 cm³/mol. The number of aromatic nitrogens is 1. The second kappa shape index (κ2) is 7.39. The number of pyridine rings is 1. The molecule has 1 amide bonds. The van der Waals surface area contributed by atoms with Crippen LogP contribution in [-0.4, -0.2) is 45.3 Å². The first-order chi connectivity index (χ1) is 13.5. The highest BCUT2D eigenvalue weighted by atomic mass is 32.2. The van der Waals surface area contributed by atoms with Gasteiger partial charge in [-0.2, -0.15) is 13.2 Å². The van der Waals surface area contributed by atoms with E-state index >= 15 is 0 Å². The molecule has 0 aliphatic heterocycles. The quantitative estimate of drug-likeness (QED) is 0.675. The van der Waals surface area contributed by atoms with Gasteiger partial charge in [0.15, 0.2) is 5.82 Å². The largest absolute Gasteiger partial charge is 0.456 e. The maximum absolute atomic E-state index is 12.5. The minimum Gasteiger partial charge on any atom is -0.456 e. The van der Waals surface area contributed by atoms with E-state index in [1.165, 1.54) is 12.3 Å². The summed E-state index contributed by atoms with van der Waals surface area (Å²) in [5, 5.41) is 2.52. The number of nitrogens with one attached hydrogen (secondary N) is 1. The van der Waals surface area contributed by atoms with Gasteiger partial charge in [0.1, 0.15) is 17.9 Å². The van der Waals surface area contributed by atoms with Gasteiger partial charge in [-0.15, -0.1) is 0 Å². The Hall–Kier alpha value is -3.08. The molecule has 7 nitrogen and oxygen atoms in total. The maximum Gasteiger partial charge on any atom is 0.405 e. The average molecular weight is 427 g/mol. The molecule has 0 radical (unpaired) electrons. The fraction of sp³-hybridized carbons (Fsp3) is 0.222. The SMILES string of the molecule is CN(c1ncc(-c2cc3ccccc3o2)cc1C(=O)NCC(F)(F)F)S(C)(=O)=O. The Balaban J connectivity index is 2.07. The topological polar surface area (TPSA) is 92.5 Å². The molecule has 1 aromatic carbocycles. The minimum atomic E-state index is -4.62. The molecule has 11 heteroatoms. The van der Waals surface area contributed by atoms with Crippen molar-refractivity contribution in [2.75, 3.05) is 24.2 Å². The number of hydrogen-bond donors (Lipinski definition) is 1. The number of furan rings is 1. The molecule has 3 rings (SSSR count). The van der Waals surface area contributed by atoms with Gasteiger partial charge in [0.05, 0.1) is 11.8 Å². The second-order valence-corrected chi connectivity index (χ2v) is 8.29. The van der Waals surface area contributed by atoms with Gasteiger partial charge in [-0.1, -0.05) is 18.2 Å². The van der Waals surface area contributed by atoms with Gasteiger partial charge in [-0.3, -0.25) is 9.10 Å². The molecule has 0 aliphatic carbocycles. The molecule has 0 atom stereocenters. The van der Waals surface area contributed by atoms with Crippen LogP contribution in [-0.2, 0) is 10.0 Å². The molecule has 0 aliphatic rings. The Bertz CT molecular complexity index is 1140. The summed E-state index contributed by atoms with van der Waals surface area (Å²) in [5.41, 5.74) is 0.548. The lowest BCUT2D eigenvalue weighted by molar-refractivity contribution is -0.123. The van der Waals surface area contributed by atoms with Crippen LogP contribution in [0.2, 0.25) is 0 Å². The zero-order valence-corrected chi connectivity index (χ0v) is 16.1. The van der Waals surface area contributed by atoms with E-state index in [1.54, 1.807) is 35.6 Å². The fourth-order valence-electron chi connectivity index (χ4n) is 2.57. The molecule has 0 bridgehead atoms. The number of carbonyl (C=O) groups excluding carboxylic acids is 1. The van der Waals surface area contributed by atoms with E-state index in [1.807, 2.05) is 0 Å². The van der Waals surface area contributed by atoms with Crippen LogP contribution in [0.4, 0.5) is 19.0 Å². The number of hydrogen-bond acceptors (Lipinski definition) is 5. The van der Waals surface area contributed by atoms with Crippen LogP contribution in [0.15, 0.2) is 47.0 Å². The molecule has 0 saturated heterocycles. The first-order valence-electron chi connectivity index (χ1n) is 8.23. The van der Waals surface area contributed by atoms with Gasteiger partial charge in [0.25, 0.3) is 5.91 Å². The summed E-state index contributed by atoms with van der Waals surface area (Å²) < 4.78 is 67.6. The van der Waals surface area contributed by atoms with Crippen LogP contribution >= 0.6 is 0 Å². The lowest BCUT2D eigenvalue weighted by Gasteiger charge is -2.19. The normalized spacial score (nSPS) is 12.2. The smallest absolute Gasteiger partial charge is 0.405 e. The number of sulfonamides is 1. The van der Waals surface area contributed by atoms with Gasteiger partial charge >= 0.3 is 6.18 Å². The van der Waals surface area contributed by atoms with Gasteiger partial charge < -0.3 is 9.73 Å². The van der Waals surface area contributed by atoms with Crippen molar-refractivity contribution in [3.05, 3.63) is 48.2 Å². The zero-order valence-electron chi connectivity index (χ0n) is 15.3. The van der Waals surface area contributed by atoms with Crippen LogP contribution < -0.4 is 9.62 Å². The van der Waals surface area contributed by atoms with E-state index < -0.39 is 28.7 Å². The molecule has 154 valence electrons. The van der Waals surface area contributed by atoms with Gasteiger partial charge in [-0.05, 0) is 18.2 Å². The molecule has 0 spiro atoms. The number of nitrogens with zero attached hydrogens (tertiary/aromatic N) is 2. The standard InChI is InChI=1S/C18H16F3N3O4S/c1-24(29(2,26)27)16-13(17(25)23-10-18(19,20)21)7-12(9-22-16)15-8-11-5-3-4-6-14(11)28-15/h3-9H,10H2,1-2H3,(H,23,25). The Kier molecular flexibility index (Phi) is 5.26. The van der Waals surface area contributed by atoms with Crippen LogP contribution in [0, 0.1) is 0 Å². The Morgan fingerprint density at radius 3 is 2.55 bits per heavy atom. The summed E-state index contributed by atoms with van der Waals surface area (Å²) in [5.74, 6) is -1.08. The fourth-order valence-corrected chi connectivity index (χ4v) is 3.03. The molecule has 3 aromatic rings. The number of benzene rings is 1. The van der Waals surface area contributed by atoms with Gasteiger partial charge in [-0.25, -0.2) is 13.4 Å². The van der Waals surface area contributed by atoms with Crippen molar-refractivity contribution < 1.29 is 30.8 Å². The number of alkyl halides is 3. The minimum absolute atomic E-state index is 0.299. The second-order valence-electron chi connectivity index (χ2n) is 6.27. The lowest BCUT2D eigenvalue weighted by Crippen LogP contribution is -2.35. The van der Waals surface area contributed by atoms with E-state index in [4.69, 9.17) is 4.42 Å². The van der Waals surface area contributed by atoms with Crippen molar-refractivity contribution in [1.29, 1.82) is 0 Å². The van der Waals surface area contributed by atoms with Crippen molar-refractivity contribution in [1.82, 2.24) is 10.3 Å². The summed E-state index contributed by atoms with van der Waals surface area (Å²) in [6.45, 7) is -1.57. The number of rotatable bonds is 5. The molecule has 1 N–H and O–H groups in total. The number of anilines is 1. The van der Waals surface area contributed by atoms with Gasteiger partial charge in [0.2, 0.25) is 10.0 Å². The maximum atomic E-state index is 12.5. The summed E-state index contributed by atoms with van der Waals surface area (Å²) in [6, 6.07) is 10.0. The molecule has 0 unspecified atom stereocenters. The third-order valence-corrected chi connectivity index (χ3v) is 5.23. The van der Waals surface area contributed by atoms with E-state index in [2.05, 4.69) is 4.98 Å². The summed E-state index contributed by atoms with van der Waals surface area (Å²) in [4.78, 5) is 16.4.